The lowest BCUT2D eigenvalue weighted by atomic mass is 10.2. The van der Waals surface area contributed by atoms with Crippen molar-refractivity contribution in [2.24, 2.45) is 0 Å². The lowest BCUT2D eigenvalue weighted by Gasteiger charge is -2.13. The van der Waals surface area contributed by atoms with Crippen LogP contribution in [0.5, 0.6) is 5.75 Å². The van der Waals surface area contributed by atoms with E-state index in [9.17, 15) is 4.79 Å². The van der Waals surface area contributed by atoms with Crippen LogP contribution in [0.3, 0.4) is 0 Å². The molecule has 0 saturated carbocycles. The Labute approximate surface area is 118 Å². The number of nitrogens with zero attached hydrogens (tertiary/aromatic N) is 2. The predicted molar refractivity (Wildman–Crippen MR) is 78.4 cm³/mol. The zero-order valence-corrected chi connectivity index (χ0v) is 12.3. The molecule has 108 valence electrons. The number of aromatic nitrogens is 1. The number of rotatable bonds is 5. The fourth-order valence-electron chi connectivity index (χ4n) is 2.19. The van der Waals surface area contributed by atoms with E-state index >= 15 is 0 Å². The van der Waals surface area contributed by atoms with E-state index in [1.807, 2.05) is 42.9 Å². The van der Waals surface area contributed by atoms with Crippen molar-refractivity contribution in [2.75, 3.05) is 34.9 Å². The van der Waals surface area contributed by atoms with Crippen molar-refractivity contribution in [2.45, 2.75) is 6.54 Å². The van der Waals surface area contributed by atoms with Gasteiger partial charge in [0.05, 0.1) is 14.2 Å². The fraction of sp³-hybridized carbons (Fsp3) is 0.400. The van der Waals surface area contributed by atoms with Gasteiger partial charge >= 0.3 is 5.97 Å². The Hall–Kier alpha value is -2.01. The second kappa shape index (κ2) is 5.96. The Morgan fingerprint density at radius 1 is 1.25 bits per heavy atom. The monoisotopic (exact) mass is 276 g/mol. The highest BCUT2D eigenvalue weighted by Crippen LogP contribution is 2.25. The summed E-state index contributed by atoms with van der Waals surface area (Å²) in [5.41, 5.74) is 1.57. The molecule has 0 unspecified atom stereocenters. The summed E-state index contributed by atoms with van der Waals surface area (Å²) in [6, 6.07) is 7.64. The second-order valence-corrected chi connectivity index (χ2v) is 4.90. The Kier molecular flexibility index (Phi) is 4.29. The highest BCUT2D eigenvalue weighted by Gasteiger charge is 2.16. The van der Waals surface area contributed by atoms with Crippen LogP contribution in [0.4, 0.5) is 0 Å². The van der Waals surface area contributed by atoms with E-state index in [1.165, 1.54) is 7.11 Å². The SMILES string of the molecule is COC(=O)c1cc2cc(OC)ccc2n1CCN(C)C. The van der Waals surface area contributed by atoms with E-state index < -0.39 is 0 Å². The van der Waals surface area contributed by atoms with Crippen LogP contribution in [0.15, 0.2) is 24.3 Å². The predicted octanol–water partition coefficient (Wildman–Crippen LogP) is 2.00. The van der Waals surface area contributed by atoms with Crippen LogP contribution in [-0.2, 0) is 11.3 Å². The summed E-state index contributed by atoms with van der Waals surface area (Å²) >= 11 is 0. The lowest BCUT2D eigenvalue weighted by Crippen LogP contribution is -2.20. The summed E-state index contributed by atoms with van der Waals surface area (Å²) in [5, 5.41) is 0.975. The summed E-state index contributed by atoms with van der Waals surface area (Å²) in [7, 11) is 7.04. The average Bonchev–Trinajstić information content (AvgIpc) is 2.81. The summed E-state index contributed by atoms with van der Waals surface area (Å²) in [5.74, 6) is 0.456. The molecule has 1 aromatic heterocycles. The number of fused-ring (bicyclic) bond motifs is 1. The number of benzene rings is 1. The van der Waals surface area contributed by atoms with E-state index in [2.05, 4.69) is 4.90 Å². The molecule has 20 heavy (non-hydrogen) atoms. The van der Waals surface area contributed by atoms with Gasteiger partial charge in [-0.05, 0) is 38.4 Å². The van der Waals surface area contributed by atoms with Crippen molar-refractivity contribution < 1.29 is 14.3 Å². The molecule has 0 bridgehead atoms. The number of hydrogen-bond donors (Lipinski definition) is 0. The van der Waals surface area contributed by atoms with E-state index in [0.717, 1.165) is 29.7 Å². The van der Waals surface area contributed by atoms with Crippen molar-refractivity contribution in [1.29, 1.82) is 0 Å². The maximum atomic E-state index is 11.9. The number of methoxy groups -OCH3 is 2. The zero-order chi connectivity index (χ0) is 14.7. The average molecular weight is 276 g/mol. The molecule has 2 rings (SSSR count). The maximum absolute atomic E-state index is 11.9. The van der Waals surface area contributed by atoms with E-state index in [1.54, 1.807) is 7.11 Å². The van der Waals surface area contributed by atoms with Gasteiger partial charge in [-0.25, -0.2) is 4.79 Å². The smallest absolute Gasteiger partial charge is 0.354 e. The highest BCUT2D eigenvalue weighted by molar-refractivity contribution is 5.96. The van der Waals surface area contributed by atoms with Gasteiger partial charge in [-0.3, -0.25) is 0 Å². The van der Waals surface area contributed by atoms with Crippen LogP contribution in [-0.4, -0.2) is 50.3 Å². The first-order valence-corrected chi connectivity index (χ1v) is 6.47. The molecule has 0 aliphatic rings. The van der Waals surface area contributed by atoms with Crippen molar-refractivity contribution in [3.05, 3.63) is 30.0 Å². The Balaban J connectivity index is 2.51. The first kappa shape index (κ1) is 14.4. The van der Waals surface area contributed by atoms with Crippen LogP contribution < -0.4 is 4.74 Å². The third-order valence-electron chi connectivity index (χ3n) is 3.27. The fourth-order valence-corrected chi connectivity index (χ4v) is 2.19. The molecule has 5 heteroatoms. The Bertz CT molecular complexity index is 617. The minimum absolute atomic E-state index is 0.320. The molecule has 5 nitrogen and oxygen atoms in total. The van der Waals surface area contributed by atoms with E-state index in [0.29, 0.717) is 5.69 Å². The highest BCUT2D eigenvalue weighted by atomic mass is 16.5. The van der Waals surface area contributed by atoms with Gasteiger partial charge in [-0.15, -0.1) is 0 Å². The molecule has 0 aliphatic heterocycles. The van der Waals surface area contributed by atoms with Crippen molar-refractivity contribution in [3.63, 3.8) is 0 Å². The molecule has 0 atom stereocenters. The molecule has 0 amide bonds. The molecule has 0 saturated heterocycles. The van der Waals surface area contributed by atoms with Gasteiger partial charge in [0.25, 0.3) is 0 Å². The number of ether oxygens (including phenoxy) is 2. The van der Waals surface area contributed by atoms with Crippen LogP contribution in [0.1, 0.15) is 10.5 Å². The van der Waals surface area contributed by atoms with Crippen LogP contribution in [0.2, 0.25) is 0 Å². The minimum Gasteiger partial charge on any atom is -0.497 e. The summed E-state index contributed by atoms with van der Waals surface area (Å²) in [4.78, 5) is 14.0. The molecule has 0 N–H and O–H groups in total. The van der Waals surface area contributed by atoms with Crippen LogP contribution in [0.25, 0.3) is 10.9 Å². The zero-order valence-electron chi connectivity index (χ0n) is 12.3. The molecule has 0 radical (unpaired) electrons. The van der Waals surface area contributed by atoms with Crippen LogP contribution in [0, 0.1) is 0 Å². The quantitative estimate of drug-likeness (QED) is 0.783. The Morgan fingerprint density at radius 2 is 2.00 bits per heavy atom. The van der Waals surface area contributed by atoms with Gasteiger partial charge in [0.2, 0.25) is 0 Å². The number of carbonyl (C=O) groups is 1. The summed E-state index contributed by atoms with van der Waals surface area (Å²) in [6.07, 6.45) is 0. The molecule has 1 heterocycles. The number of esters is 1. The Morgan fingerprint density at radius 3 is 2.60 bits per heavy atom. The summed E-state index contributed by atoms with van der Waals surface area (Å²) < 4.78 is 12.1. The molecule has 0 spiro atoms. The van der Waals surface area contributed by atoms with Crippen molar-refractivity contribution in [1.82, 2.24) is 9.47 Å². The van der Waals surface area contributed by atoms with Gasteiger partial charge in [0.15, 0.2) is 0 Å². The largest absolute Gasteiger partial charge is 0.497 e. The molecule has 1 aromatic carbocycles. The van der Waals surface area contributed by atoms with E-state index in [4.69, 9.17) is 9.47 Å². The number of carbonyl (C=O) groups excluding carboxylic acids is 1. The second-order valence-electron chi connectivity index (χ2n) is 4.90. The van der Waals surface area contributed by atoms with Gasteiger partial charge < -0.3 is 18.9 Å². The molecule has 0 aliphatic carbocycles. The van der Waals surface area contributed by atoms with Gasteiger partial charge in [-0.2, -0.15) is 0 Å². The lowest BCUT2D eigenvalue weighted by molar-refractivity contribution is 0.0588. The van der Waals surface area contributed by atoms with Gasteiger partial charge in [0, 0.05) is 24.0 Å². The molecular formula is C15H20N2O3. The first-order valence-electron chi connectivity index (χ1n) is 6.47. The standard InChI is InChI=1S/C15H20N2O3/c1-16(2)7-8-17-13-6-5-12(19-3)9-11(13)10-14(17)15(18)20-4/h5-6,9-10H,7-8H2,1-4H3. The van der Waals surface area contributed by atoms with Crippen molar-refractivity contribution >= 4 is 16.9 Å². The van der Waals surface area contributed by atoms with Gasteiger partial charge in [-0.1, -0.05) is 0 Å². The van der Waals surface area contributed by atoms with Gasteiger partial charge in [0.1, 0.15) is 11.4 Å². The molecule has 0 fully saturated rings. The number of likely N-dealkylation sites (N-methyl/N-ethyl adjacent to an activating group) is 1. The third-order valence-corrected chi connectivity index (χ3v) is 3.27. The molecule has 2 aromatic rings. The maximum Gasteiger partial charge on any atom is 0.354 e. The van der Waals surface area contributed by atoms with E-state index in [-0.39, 0.29) is 5.97 Å². The normalized spacial score (nSPS) is 11.1. The third kappa shape index (κ3) is 2.77. The topological polar surface area (TPSA) is 43.7 Å². The first-order chi connectivity index (χ1) is 9.56. The number of hydrogen-bond acceptors (Lipinski definition) is 4. The van der Waals surface area contributed by atoms with Crippen molar-refractivity contribution in [3.8, 4) is 5.75 Å². The van der Waals surface area contributed by atoms with Crippen LogP contribution >= 0.6 is 0 Å². The molecular weight excluding hydrogens is 256 g/mol. The minimum atomic E-state index is -0.320. The summed E-state index contributed by atoms with van der Waals surface area (Å²) in [6.45, 7) is 1.58.